The first kappa shape index (κ1) is 18.8. The number of carbonyl (C=O) groups excluding carboxylic acids is 1. The van der Waals surface area contributed by atoms with Gasteiger partial charge >= 0.3 is 0 Å². The quantitative estimate of drug-likeness (QED) is 0.505. The van der Waals surface area contributed by atoms with Crippen molar-refractivity contribution in [1.29, 1.82) is 0 Å². The number of amides is 1. The maximum Gasteiger partial charge on any atom is 0.272 e. The lowest BCUT2D eigenvalue weighted by Crippen LogP contribution is -2.40. The number of fused-ring (bicyclic) bond motifs is 1. The Morgan fingerprint density at radius 1 is 1.20 bits per heavy atom. The highest BCUT2D eigenvalue weighted by atomic mass is 35.5. The van der Waals surface area contributed by atoms with Gasteiger partial charge in [-0.15, -0.1) is 0 Å². The highest BCUT2D eigenvalue weighted by Gasteiger charge is 2.27. The number of likely N-dealkylation sites (tertiary alicyclic amines) is 1. The predicted molar refractivity (Wildman–Crippen MR) is 115 cm³/mol. The van der Waals surface area contributed by atoms with Gasteiger partial charge in [-0.2, -0.15) is 5.10 Å². The minimum absolute atomic E-state index is 0.0206. The molecule has 0 aromatic carbocycles. The van der Waals surface area contributed by atoms with Crippen molar-refractivity contribution < 1.29 is 4.79 Å². The lowest BCUT2D eigenvalue weighted by molar-refractivity contribution is 0.0694. The van der Waals surface area contributed by atoms with Crippen LogP contribution < -0.4 is 0 Å². The molecule has 1 atom stereocenters. The molecule has 0 saturated carbocycles. The topological polar surface area (TPSA) is 68.3 Å². The van der Waals surface area contributed by atoms with Crippen LogP contribution in [0.3, 0.4) is 0 Å². The summed E-state index contributed by atoms with van der Waals surface area (Å²) in [6, 6.07) is 11.5. The van der Waals surface area contributed by atoms with Gasteiger partial charge in [-0.25, -0.2) is 4.98 Å². The molecular formula is C22H21ClN6O. The van der Waals surface area contributed by atoms with E-state index >= 15 is 0 Å². The molecule has 4 aromatic rings. The number of hydrogen-bond donors (Lipinski definition) is 0. The molecule has 8 heteroatoms. The van der Waals surface area contributed by atoms with E-state index in [1.54, 1.807) is 24.0 Å². The predicted octanol–water partition coefficient (Wildman–Crippen LogP) is 3.80. The minimum atomic E-state index is 0.0206. The van der Waals surface area contributed by atoms with Crippen LogP contribution in [-0.4, -0.2) is 48.0 Å². The Kier molecular flexibility index (Phi) is 4.75. The van der Waals surface area contributed by atoms with Crippen molar-refractivity contribution in [3.05, 3.63) is 71.4 Å². The number of aromatic nitrogens is 5. The van der Waals surface area contributed by atoms with Crippen LogP contribution >= 0.6 is 11.6 Å². The first-order chi connectivity index (χ1) is 14.6. The minimum Gasteiger partial charge on any atom is -0.337 e. The normalized spacial score (nSPS) is 16.9. The zero-order valence-corrected chi connectivity index (χ0v) is 17.3. The molecule has 1 aliphatic rings. The van der Waals surface area contributed by atoms with Gasteiger partial charge in [0.15, 0.2) is 0 Å². The third-order valence-electron chi connectivity index (χ3n) is 5.67. The van der Waals surface area contributed by atoms with Gasteiger partial charge in [-0.05, 0) is 43.2 Å². The van der Waals surface area contributed by atoms with Gasteiger partial charge in [0.1, 0.15) is 11.3 Å². The molecule has 5 rings (SSSR count). The van der Waals surface area contributed by atoms with Crippen molar-refractivity contribution in [3.63, 3.8) is 0 Å². The van der Waals surface area contributed by atoms with E-state index in [4.69, 9.17) is 16.6 Å². The van der Waals surface area contributed by atoms with E-state index in [-0.39, 0.29) is 11.8 Å². The first-order valence-electron chi connectivity index (χ1n) is 9.97. The zero-order valence-electron chi connectivity index (χ0n) is 16.6. The van der Waals surface area contributed by atoms with E-state index in [1.165, 1.54) is 0 Å². The summed E-state index contributed by atoms with van der Waals surface area (Å²) in [5.74, 6) is 0.214. The lowest BCUT2D eigenvalue weighted by Gasteiger charge is -2.32. The molecule has 30 heavy (non-hydrogen) atoms. The summed E-state index contributed by atoms with van der Waals surface area (Å²) >= 11 is 6.17. The zero-order chi connectivity index (χ0) is 20.7. The number of hydrogen-bond acceptors (Lipinski definition) is 4. The van der Waals surface area contributed by atoms with E-state index < -0.39 is 0 Å². The van der Waals surface area contributed by atoms with Gasteiger partial charge in [0, 0.05) is 44.1 Å². The van der Waals surface area contributed by atoms with Crippen LogP contribution in [0.2, 0.25) is 5.02 Å². The van der Waals surface area contributed by atoms with E-state index in [0.29, 0.717) is 17.3 Å². The summed E-state index contributed by atoms with van der Waals surface area (Å²) in [7, 11) is 1.79. The summed E-state index contributed by atoms with van der Waals surface area (Å²) in [6.07, 6.45) is 7.27. The molecule has 1 saturated heterocycles. The summed E-state index contributed by atoms with van der Waals surface area (Å²) in [6.45, 7) is 1.41. The third kappa shape index (κ3) is 3.35. The van der Waals surface area contributed by atoms with Crippen LogP contribution in [0.1, 0.15) is 34.9 Å². The standard InChI is InChI=1S/C22H21ClN6O/c1-27-19(9-10-25-27)22(30)28-11-3-4-15(13-28)17-5-2-6-18(26-17)20-12-24-21-8-7-16(23)14-29(20)21/h2,5-10,12,14-15H,3-4,11,13H2,1H3/t15-/m0/s1. The summed E-state index contributed by atoms with van der Waals surface area (Å²) in [5.41, 5.74) is 4.17. The van der Waals surface area contributed by atoms with Crippen molar-refractivity contribution in [1.82, 2.24) is 29.0 Å². The van der Waals surface area contributed by atoms with E-state index in [2.05, 4.69) is 10.1 Å². The van der Waals surface area contributed by atoms with Crippen LogP contribution in [0.15, 0.2) is 55.0 Å². The number of pyridine rings is 2. The van der Waals surface area contributed by atoms with Crippen molar-refractivity contribution in [3.8, 4) is 11.4 Å². The van der Waals surface area contributed by atoms with Crippen molar-refractivity contribution in [2.75, 3.05) is 13.1 Å². The molecule has 0 unspecified atom stereocenters. The summed E-state index contributed by atoms with van der Waals surface area (Å²) in [5, 5.41) is 4.77. The van der Waals surface area contributed by atoms with E-state index in [0.717, 1.165) is 42.1 Å². The Morgan fingerprint density at radius 3 is 2.93 bits per heavy atom. The SMILES string of the molecule is Cn1nccc1C(=O)N1CCC[C@H](c2cccc(-c3cnc4ccc(Cl)cn34)n2)C1. The van der Waals surface area contributed by atoms with Crippen LogP contribution in [0.25, 0.3) is 17.0 Å². The number of piperidine rings is 1. The average Bonchev–Trinajstić information content (AvgIpc) is 3.39. The number of nitrogens with zero attached hydrogens (tertiary/aromatic N) is 6. The van der Waals surface area contributed by atoms with Gasteiger partial charge in [0.25, 0.3) is 5.91 Å². The van der Waals surface area contributed by atoms with Crippen LogP contribution in [0.4, 0.5) is 0 Å². The Hall–Kier alpha value is -3.19. The molecule has 0 spiro atoms. The Morgan fingerprint density at radius 2 is 2.10 bits per heavy atom. The van der Waals surface area contributed by atoms with Gasteiger partial charge in [-0.3, -0.25) is 18.9 Å². The second-order valence-electron chi connectivity index (χ2n) is 7.60. The highest BCUT2D eigenvalue weighted by molar-refractivity contribution is 6.30. The molecule has 152 valence electrons. The molecule has 0 bridgehead atoms. The van der Waals surface area contributed by atoms with Crippen molar-refractivity contribution in [2.24, 2.45) is 7.05 Å². The van der Waals surface area contributed by atoms with E-state index in [9.17, 15) is 4.79 Å². The first-order valence-corrected chi connectivity index (χ1v) is 10.3. The number of rotatable bonds is 3. The Balaban J connectivity index is 1.43. The maximum atomic E-state index is 12.9. The summed E-state index contributed by atoms with van der Waals surface area (Å²) < 4.78 is 3.58. The average molecular weight is 421 g/mol. The van der Waals surface area contributed by atoms with Gasteiger partial charge < -0.3 is 4.90 Å². The molecule has 7 nitrogen and oxygen atoms in total. The molecule has 4 aromatic heterocycles. The van der Waals surface area contributed by atoms with Crippen LogP contribution in [-0.2, 0) is 7.05 Å². The van der Waals surface area contributed by atoms with Crippen molar-refractivity contribution >= 4 is 23.2 Å². The number of halogens is 1. The van der Waals surface area contributed by atoms with Gasteiger partial charge in [-0.1, -0.05) is 17.7 Å². The fourth-order valence-corrected chi connectivity index (χ4v) is 4.27. The fourth-order valence-electron chi connectivity index (χ4n) is 4.11. The lowest BCUT2D eigenvalue weighted by atomic mass is 9.93. The van der Waals surface area contributed by atoms with Crippen LogP contribution in [0.5, 0.6) is 0 Å². The molecule has 5 heterocycles. The Bertz CT molecular complexity index is 1230. The second kappa shape index (κ2) is 7.57. The van der Waals surface area contributed by atoms with E-state index in [1.807, 2.05) is 52.0 Å². The molecular weight excluding hydrogens is 400 g/mol. The molecule has 0 aliphatic carbocycles. The number of aryl methyl sites for hydroxylation is 1. The molecule has 1 fully saturated rings. The molecule has 1 aliphatic heterocycles. The highest BCUT2D eigenvalue weighted by Crippen LogP contribution is 2.29. The molecule has 0 radical (unpaired) electrons. The fraction of sp³-hybridized carbons (Fsp3) is 0.273. The Labute approximate surface area is 178 Å². The largest absolute Gasteiger partial charge is 0.337 e. The molecule has 0 N–H and O–H groups in total. The number of carbonyl (C=O) groups is 1. The molecule has 1 amide bonds. The monoisotopic (exact) mass is 420 g/mol. The second-order valence-corrected chi connectivity index (χ2v) is 8.03. The number of imidazole rings is 1. The third-order valence-corrected chi connectivity index (χ3v) is 5.89. The van der Waals surface area contributed by atoms with Crippen LogP contribution in [0, 0.1) is 0 Å². The summed E-state index contributed by atoms with van der Waals surface area (Å²) in [4.78, 5) is 24.2. The van der Waals surface area contributed by atoms with Crippen molar-refractivity contribution in [2.45, 2.75) is 18.8 Å². The maximum absolute atomic E-state index is 12.9. The smallest absolute Gasteiger partial charge is 0.272 e. The van der Waals surface area contributed by atoms with Gasteiger partial charge in [0.2, 0.25) is 0 Å². The van der Waals surface area contributed by atoms with Gasteiger partial charge in [0.05, 0.1) is 22.6 Å².